The minimum atomic E-state index is -4.36. The van der Waals surface area contributed by atoms with Crippen molar-refractivity contribution in [2.24, 2.45) is 22.2 Å². The van der Waals surface area contributed by atoms with Crippen molar-refractivity contribution in [2.45, 2.75) is 43.7 Å². The summed E-state index contributed by atoms with van der Waals surface area (Å²) < 4.78 is 70.0. The molecule has 1 amide bonds. The van der Waals surface area contributed by atoms with Gasteiger partial charge in [0.05, 0.1) is 11.9 Å². The Kier molecular flexibility index (Phi) is 5.81. The van der Waals surface area contributed by atoms with Crippen LogP contribution in [-0.4, -0.2) is 50.9 Å². The lowest BCUT2D eigenvalue weighted by molar-refractivity contribution is -0.134. The van der Waals surface area contributed by atoms with E-state index in [9.17, 15) is 31.1 Å². The number of amidine groups is 1. The molecule has 2 aromatic rings. The van der Waals surface area contributed by atoms with Crippen molar-refractivity contribution in [2.75, 3.05) is 16.3 Å². The molecule has 4 aliphatic rings. The van der Waals surface area contributed by atoms with Crippen LogP contribution in [0.3, 0.4) is 0 Å². The van der Waals surface area contributed by atoms with Gasteiger partial charge in [0.25, 0.3) is 15.9 Å². The fourth-order valence-electron chi connectivity index (χ4n) is 6.53. The molecule has 0 radical (unpaired) electrons. The van der Waals surface area contributed by atoms with Crippen molar-refractivity contribution in [3.63, 3.8) is 0 Å². The summed E-state index contributed by atoms with van der Waals surface area (Å²) in [6, 6.07) is 8.41. The molecule has 2 aromatic carbocycles. The molecule has 4 atom stereocenters. The van der Waals surface area contributed by atoms with Crippen molar-refractivity contribution < 1.29 is 31.1 Å². The SMILES string of the molecule is Cc1ccc(CN2C(=O)C(C3=NS(=O)(=O)c4cc(NS(C)(=O)=O)ccc4N3)=C(O)C3C2[C@@H]2CC[C@H]3C2)cc1F. The first-order chi connectivity index (χ1) is 18.3. The Labute approximate surface area is 225 Å². The number of hydrogen-bond donors (Lipinski definition) is 3. The normalized spacial score (nSPS) is 27.1. The van der Waals surface area contributed by atoms with E-state index in [4.69, 9.17) is 0 Å². The van der Waals surface area contributed by atoms with Crippen LogP contribution in [0.5, 0.6) is 0 Å². The lowest BCUT2D eigenvalue weighted by Crippen LogP contribution is -2.53. The van der Waals surface area contributed by atoms with Gasteiger partial charge in [0.1, 0.15) is 22.0 Å². The second-order valence-corrected chi connectivity index (χ2v) is 14.1. The summed E-state index contributed by atoms with van der Waals surface area (Å²) in [4.78, 5) is 15.3. The van der Waals surface area contributed by atoms with Crippen LogP contribution >= 0.6 is 0 Å². The van der Waals surface area contributed by atoms with Gasteiger partial charge >= 0.3 is 0 Å². The van der Waals surface area contributed by atoms with Gasteiger partial charge in [-0.05, 0) is 73.4 Å². The summed E-state index contributed by atoms with van der Waals surface area (Å²) in [5.41, 5.74) is 0.992. The molecule has 2 saturated carbocycles. The Balaban J connectivity index is 1.41. The Morgan fingerprint density at radius 1 is 1.18 bits per heavy atom. The highest BCUT2D eigenvalue weighted by atomic mass is 32.2. The Hall–Kier alpha value is -3.45. The van der Waals surface area contributed by atoms with Crippen molar-refractivity contribution in [3.05, 3.63) is 64.7 Å². The van der Waals surface area contributed by atoms with Crippen molar-refractivity contribution >= 4 is 43.2 Å². The number of nitrogens with zero attached hydrogens (tertiary/aromatic N) is 2. The van der Waals surface area contributed by atoms with E-state index in [0.717, 1.165) is 31.6 Å². The van der Waals surface area contributed by atoms with Gasteiger partial charge in [-0.3, -0.25) is 9.52 Å². The van der Waals surface area contributed by atoms with Crippen LogP contribution < -0.4 is 10.0 Å². The number of amides is 1. The standard InChI is InChI=1S/C26H27FN4O6S2/c1-13-3-4-14(9-18(13)27)12-31-23-16-6-5-15(10-16)21(23)24(32)22(26(31)33)25-28-19-8-7-17(29-38(2,34)35)11-20(19)39(36,37)30-25/h3-4,7-9,11,15-16,21,23,29,32H,5-6,10,12H2,1-2H3,(H,28,30)/t15-,16+,21?,23?/m0/s1. The first-order valence-corrected chi connectivity index (χ1v) is 15.9. The van der Waals surface area contributed by atoms with Crippen molar-refractivity contribution in [3.8, 4) is 0 Å². The smallest absolute Gasteiger partial charge is 0.286 e. The van der Waals surface area contributed by atoms with Crippen molar-refractivity contribution in [1.29, 1.82) is 0 Å². The molecule has 2 aliphatic carbocycles. The molecule has 39 heavy (non-hydrogen) atoms. The minimum absolute atomic E-state index is 0.0393. The Morgan fingerprint density at radius 3 is 2.64 bits per heavy atom. The molecular formula is C26H27FN4O6S2. The van der Waals surface area contributed by atoms with Gasteiger partial charge < -0.3 is 15.3 Å². The average Bonchev–Trinajstić information content (AvgIpc) is 3.46. The molecule has 0 spiro atoms. The number of anilines is 2. The second-order valence-electron chi connectivity index (χ2n) is 10.8. The predicted octanol–water partition coefficient (Wildman–Crippen LogP) is 3.29. The van der Waals surface area contributed by atoms with E-state index in [1.54, 1.807) is 24.0 Å². The van der Waals surface area contributed by atoms with Crippen LogP contribution in [0, 0.1) is 30.5 Å². The minimum Gasteiger partial charge on any atom is -0.511 e. The van der Waals surface area contributed by atoms with Crippen molar-refractivity contribution in [1.82, 2.24) is 4.90 Å². The maximum absolute atomic E-state index is 14.3. The lowest BCUT2D eigenvalue weighted by atomic mass is 9.77. The first-order valence-electron chi connectivity index (χ1n) is 12.6. The zero-order valence-corrected chi connectivity index (χ0v) is 22.8. The number of aliphatic hydroxyl groups is 1. The predicted molar refractivity (Wildman–Crippen MR) is 143 cm³/mol. The highest BCUT2D eigenvalue weighted by molar-refractivity contribution is 7.92. The van der Waals surface area contributed by atoms with Gasteiger partial charge in [0, 0.05) is 24.2 Å². The van der Waals surface area contributed by atoms with E-state index in [-0.39, 0.29) is 69.6 Å². The van der Waals surface area contributed by atoms with Crippen LogP contribution in [0.25, 0.3) is 0 Å². The monoisotopic (exact) mass is 574 g/mol. The second kappa shape index (κ2) is 8.78. The van der Waals surface area contributed by atoms with E-state index >= 15 is 0 Å². The van der Waals surface area contributed by atoms with Gasteiger partial charge in [0.2, 0.25) is 10.0 Å². The molecule has 2 bridgehead atoms. The highest BCUT2D eigenvalue weighted by Gasteiger charge is 2.57. The third-order valence-electron chi connectivity index (χ3n) is 8.13. The molecule has 13 heteroatoms. The first kappa shape index (κ1) is 25.8. The quantitative estimate of drug-likeness (QED) is 0.497. The van der Waals surface area contributed by atoms with E-state index in [1.165, 1.54) is 18.2 Å². The molecule has 0 saturated heterocycles. The molecule has 3 N–H and O–H groups in total. The lowest BCUT2D eigenvalue weighted by Gasteiger charge is -2.44. The number of aliphatic hydroxyl groups excluding tert-OH is 1. The van der Waals surface area contributed by atoms with Gasteiger partial charge in [-0.1, -0.05) is 12.1 Å². The topological polar surface area (TPSA) is 145 Å². The molecule has 10 nitrogen and oxygen atoms in total. The molecule has 0 aromatic heterocycles. The van der Waals surface area contributed by atoms with E-state index in [0.29, 0.717) is 11.1 Å². The Bertz CT molecular complexity index is 1700. The van der Waals surface area contributed by atoms with Crippen LogP contribution in [0.15, 0.2) is 57.0 Å². The fourth-order valence-corrected chi connectivity index (χ4v) is 8.23. The number of halogens is 1. The number of aryl methyl sites for hydroxylation is 1. The van der Waals surface area contributed by atoms with E-state index in [2.05, 4.69) is 14.4 Å². The number of sulfonamides is 2. The van der Waals surface area contributed by atoms with Crippen LogP contribution in [0.1, 0.15) is 30.4 Å². The van der Waals surface area contributed by atoms with Gasteiger partial charge in [-0.15, -0.1) is 4.40 Å². The van der Waals surface area contributed by atoms with Crippen LogP contribution in [-0.2, 0) is 31.4 Å². The summed E-state index contributed by atoms with van der Waals surface area (Å²) in [7, 11) is -8.01. The zero-order valence-electron chi connectivity index (χ0n) is 21.2. The zero-order chi connectivity index (χ0) is 27.9. The van der Waals surface area contributed by atoms with Gasteiger partial charge in [-0.25, -0.2) is 12.8 Å². The number of nitrogens with one attached hydrogen (secondary N) is 2. The number of fused-ring (bicyclic) bond motifs is 6. The molecule has 2 fully saturated rings. The molecule has 206 valence electrons. The maximum atomic E-state index is 14.3. The van der Waals surface area contributed by atoms with E-state index in [1.807, 2.05) is 0 Å². The summed E-state index contributed by atoms with van der Waals surface area (Å²) in [5, 5.41) is 14.3. The van der Waals surface area contributed by atoms with Gasteiger partial charge in [-0.2, -0.15) is 8.42 Å². The van der Waals surface area contributed by atoms with E-state index < -0.39 is 26.0 Å². The summed E-state index contributed by atoms with van der Waals surface area (Å²) in [6.07, 6.45) is 3.60. The number of hydrogen-bond acceptors (Lipinski definition) is 7. The maximum Gasteiger partial charge on any atom is 0.286 e. The Morgan fingerprint density at radius 2 is 1.92 bits per heavy atom. The number of carbonyl (C=O) groups excluding carboxylic acids is 1. The van der Waals surface area contributed by atoms with Crippen LogP contribution in [0.2, 0.25) is 0 Å². The highest BCUT2D eigenvalue weighted by Crippen LogP contribution is 2.55. The summed E-state index contributed by atoms with van der Waals surface area (Å²) in [5.74, 6) is -1.48. The fraction of sp³-hybridized carbons (Fsp3) is 0.385. The average molecular weight is 575 g/mol. The largest absolute Gasteiger partial charge is 0.511 e. The van der Waals surface area contributed by atoms with Crippen LogP contribution in [0.4, 0.5) is 15.8 Å². The third kappa shape index (κ3) is 4.37. The van der Waals surface area contributed by atoms with Gasteiger partial charge in [0.15, 0.2) is 5.84 Å². The summed E-state index contributed by atoms with van der Waals surface area (Å²) >= 11 is 0. The number of carbonyl (C=O) groups is 1. The number of benzene rings is 2. The number of rotatable bonds is 5. The molecular weight excluding hydrogens is 547 g/mol. The summed E-state index contributed by atoms with van der Waals surface area (Å²) in [6.45, 7) is 1.76. The molecule has 2 heterocycles. The molecule has 2 aliphatic heterocycles. The molecule has 6 rings (SSSR count). The third-order valence-corrected chi connectivity index (χ3v) is 10.1. The molecule has 2 unspecified atom stereocenters.